The summed E-state index contributed by atoms with van der Waals surface area (Å²) in [6.45, 7) is 6.07. The minimum Gasteiger partial charge on any atom is -0.481 e. The third-order valence-corrected chi connectivity index (χ3v) is 2.17. The van der Waals surface area contributed by atoms with E-state index in [4.69, 9.17) is 5.11 Å². The van der Waals surface area contributed by atoms with Gasteiger partial charge in [-0.25, -0.2) is 4.68 Å². The van der Waals surface area contributed by atoms with E-state index in [2.05, 4.69) is 5.10 Å². The first-order valence-electron chi connectivity index (χ1n) is 5.11. The Hall–Kier alpha value is -1.65. The Balaban J connectivity index is 3.00. The van der Waals surface area contributed by atoms with Crippen molar-refractivity contribution in [1.82, 2.24) is 9.78 Å². The summed E-state index contributed by atoms with van der Waals surface area (Å²) < 4.78 is 1.20. The summed E-state index contributed by atoms with van der Waals surface area (Å²) in [6.07, 6.45) is -0.0967. The molecular formula is C11H16N2O3. The van der Waals surface area contributed by atoms with Crippen LogP contribution in [0.5, 0.6) is 0 Å². The van der Waals surface area contributed by atoms with Gasteiger partial charge in [-0.15, -0.1) is 0 Å². The standard InChI is InChI=1S/C11H16N2O3/c1-11(2,3)8-4-5-9(14)13(12-8)7-6-10(15)16/h4-5H,6-7H2,1-3H3,(H,15,16). The molecule has 0 aromatic carbocycles. The average molecular weight is 224 g/mol. The fourth-order valence-electron chi connectivity index (χ4n) is 1.21. The molecule has 0 aliphatic heterocycles. The maximum absolute atomic E-state index is 11.4. The summed E-state index contributed by atoms with van der Waals surface area (Å²) in [4.78, 5) is 21.8. The lowest BCUT2D eigenvalue weighted by molar-refractivity contribution is -0.137. The van der Waals surface area contributed by atoms with Gasteiger partial charge in [0.25, 0.3) is 5.56 Å². The fourth-order valence-corrected chi connectivity index (χ4v) is 1.21. The highest BCUT2D eigenvalue weighted by Gasteiger charge is 2.16. The zero-order chi connectivity index (χ0) is 12.3. The molecule has 0 fully saturated rings. The van der Waals surface area contributed by atoms with Crippen molar-refractivity contribution in [3.05, 3.63) is 28.2 Å². The molecule has 0 unspecified atom stereocenters. The lowest BCUT2D eigenvalue weighted by Gasteiger charge is -2.18. The smallest absolute Gasteiger partial charge is 0.305 e. The molecule has 0 atom stereocenters. The first kappa shape index (κ1) is 12.4. The van der Waals surface area contributed by atoms with E-state index in [9.17, 15) is 9.59 Å². The summed E-state index contributed by atoms with van der Waals surface area (Å²) in [7, 11) is 0. The van der Waals surface area contributed by atoms with Crippen molar-refractivity contribution in [3.63, 3.8) is 0 Å². The van der Waals surface area contributed by atoms with E-state index < -0.39 is 5.97 Å². The molecule has 0 saturated carbocycles. The summed E-state index contributed by atoms with van der Waals surface area (Å²) in [5.41, 5.74) is 0.352. The average Bonchev–Trinajstić information content (AvgIpc) is 2.14. The van der Waals surface area contributed by atoms with Gasteiger partial charge < -0.3 is 5.11 Å². The molecule has 5 nitrogen and oxygen atoms in total. The van der Waals surface area contributed by atoms with Crippen LogP contribution in [-0.2, 0) is 16.8 Å². The topological polar surface area (TPSA) is 72.2 Å². The third-order valence-electron chi connectivity index (χ3n) is 2.17. The molecule has 1 rings (SSSR count). The van der Waals surface area contributed by atoms with Gasteiger partial charge in [0, 0.05) is 11.5 Å². The molecule has 0 aliphatic rings. The van der Waals surface area contributed by atoms with Crippen LogP contribution in [0.25, 0.3) is 0 Å². The van der Waals surface area contributed by atoms with E-state index in [1.807, 2.05) is 20.8 Å². The number of hydrogen-bond donors (Lipinski definition) is 1. The molecule has 88 valence electrons. The number of hydrogen-bond acceptors (Lipinski definition) is 3. The van der Waals surface area contributed by atoms with Crippen LogP contribution < -0.4 is 5.56 Å². The van der Waals surface area contributed by atoms with Gasteiger partial charge in [0.15, 0.2) is 0 Å². The third kappa shape index (κ3) is 3.18. The van der Waals surface area contributed by atoms with Crippen LogP contribution in [0, 0.1) is 0 Å². The maximum atomic E-state index is 11.4. The van der Waals surface area contributed by atoms with Crippen LogP contribution in [0.4, 0.5) is 0 Å². The van der Waals surface area contributed by atoms with E-state index in [0.717, 1.165) is 5.69 Å². The number of aromatic nitrogens is 2. The van der Waals surface area contributed by atoms with Gasteiger partial charge in [0.05, 0.1) is 18.7 Å². The monoisotopic (exact) mass is 224 g/mol. The number of nitrogens with zero attached hydrogens (tertiary/aromatic N) is 2. The van der Waals surface area contributed by atoms with Crippen LogP contribution in [0.2, 0.25) is 0 Å². The first-order chi connectivity index (χ1) is 7.30. The quantitative estimate of drug-likeness (QED) is 0.831. The molecule has 1 N–H and O–H groups in total. The lowest BCUT2D eigenvalue weighted by atomic mass is 9.92. The molecule has 0 aliphatic carbocycles. The van der Waals surface area contributed by atoms with Crippen LogP contribution in [0.3, 0.4) is 0 Å². The van der Waals surface area contributed by atoms with Crippen LogP contribution in [0.15, 0.2) is 16.9 Å². The predicted molar refractivity (Wildman–Crippen MR) is 59.4 cm³/mol. The van der Waals surface area contributed by atoms with Crippen LogP contribution >= 0.6 is 0 Å². The molecule has 0 amide bonds. The van der Waals surface area contributed by atoms with Crippen LogP contribution in [0.1, 0.15) is 32.9 Å². The van der Waals surface area contributed by atoms with Crippen molar-refractivity contribution in [3.8, 4) is 0 Å². The van der Waals surface area contributed by atoms with Crippen molar-refractivity contribution in [1.29, 1.82) is 0 Å². The number of carboxylic acid groups (broad SMARTS) is 1. The van der Waals surface area contributed by atoms with E-state index in [-0.39, 0.29) is 23.9 Å². The summed E-state index contributed by atoms with van der Waals surface area (Å²) in [5.74, 6) is -0.935. The minimum absolute atomic E-state index is 0.0967. The molecule has 5 heteroatoms. The largest absolute Gasteiger partial charge is 0.481 e. The van der Waals surface area contributed by atoms with E-state index in [1.54, 1.807) is 6.07 Å². The summed E-state index contributed by atoms with van der Waals surface area (Å²) >= 11 is 0. The molecule has 0 spiro atoms. The number of rotatable bonds is 3. The number of aliphatic carboxylic acids is 1. The molecule has 16 heavy (non-hydrogen) atoms. The number of carboxylic acids is 1. The Morgan fingerprint density at radius 1 is 1.44 bits per heavy atom. The zero-order valence-corrected chi connectivity index (χ0v) is 9.73. The van der Waals surface area contributed by atoms with E-state index in [1.165, 1.54) is 10.7 Å². The molecule has 0 saturated heterocycles. The molecule has 1 aromatic heterocycles. The van der Waals surface area contributed by atoms with Crippen molar-refractivity contribution >= 4 is 5.97 Å². The van der Waals surface area contributed by atoms with Crippen molar-refractivity contribution in [2.24, 2.45) is 0 Å². The molecule has 0 radical (unpaired) electrons. The highest BCUT2D eigenvalue weighted by atomic mass is 16.4. The number of aryl methyl sites for hydroxylation is 1. The fraction of sp³-hybridized carbons (Fsp3) is 0.545. The van der Waals surface area contributed by atoms with Gasteiger partial charge in [0.2, 0.25) is 0 Å². The number of carbonyl (C=O) groups is 1. The van der Waals surface area contributed by atoms with Gasteiger partial charge in [-0.2, -0.15) is 5.10 Å². The Labute approximate surface area is 93.7 Å². The second kappa shape index (κ2) is 4.47. The normalized spacial score (nSPS) is 11.4. The lowest BCUT2D eigenvalue weighted by Crippen LogP contribution is -2.27. The van der Waals surface area contributed by atoms with Gasteiger partial charge in [0.1, 0.15) is 0 Å². The highest BCUT2D eigenvalue weighted by molar-refractivity contribution is 5.66. The molecular weight excluding hydrogens is 208 g/mol. The van der Waals surface area contributed by atoms with Gasteiger partial charge in [-0.3, -0.25) is 9.59 Å². The Morgan fingerprint density at radius 3 is 2.56 bits per heavy atom. The highest BCUT2D eigenvalue weighted by Crippen LogP contribution is 2.17. The molecule has 1 heterocycles. The second-order valence-electron chi connectivity index (χ2n) is 4.67. The molecule has 0 bridgehead atoms. The first-order valence-corrected chi connectivity index (χ1v) is 5.11. The van der Waals surface area contributed by atoms with Crippen LogP contribution in [-0.4, -0.2) is 20.9 Å². The SMILES string of the molecule is CC(C)(C)c1ccc(=O)n(CCC(=O)O)n1. The van der Waals surface area contributed by atoms with Crippen molar-refractivity contribution in [2.75, 3.05) is 0 Å². The second-order valence-corrected chi connectivity index (χ2v) is 4.67. The van der Waals surface area contributed by atoms with E-state index in [0.29, 0.717) is 0 Å². The Bertz CT molecular complexity index is 443. The Morgan fingerprint density at radius 2 is 2.06 bits per heavy atom. The predicted octanol–water partition coefficient (Wildman–Crippen LogP) is 1.02. The van der Waals surface area contributed by atoms with Crippen molar-refractivity contribution < 1.29 is 9.90 Å². The van der Waals surface area contributed by atoms with Gasteiger partial charge >= 0.3 is 5.97 Å². The maximum Gasteiger partial charge on any atom is 0.305 e. The van der Waals surface area contributed by atoms with Gasteiger partial charge in [-0.05, 0) is 6.07 Å². The van der Waals surface area contributed by atoms with Gasteiger partial charge in [-0.1, -0.05) is 20.8 Å². The summed E-state index contributed by atoms with van der Waals surface area (Å²) in [5, 5.41) is 12.7. The van der Waals surface area contributed by atoms with E-state index >= 15 is 0 Å². The minimum atomic E-state index is -0.935. The van der Waals surface area contributed by atoms with Crippen molar-refractivity contribution in [2.45, 2.75) is 39.2 Å². The molecule has 1 aromatic rings. The summed E-state index contributed by atoms with van der Waals surface area (Å²) in [6, 6.07) is 3.11. The Kier molecular flexibility index (Phi) is 3.47. The zero-order valence-electron chi connectivity index (χ0n) is 9.73.